The molecule has 0 radical (unpaired) electrons. The van der Waals surface area contributed by atoms with Gasteiger partial charge in [-0.3, -0.25) is 9.89 Å². The zero-order valence-corrected chi connectivity index (χ0v) is 20.4. The Morgan fingerprint density at radius 1 is 1.21 bits per heavy atom. The van der Waals surface area contributed by atoms with Crippen LogP contribution in [-0.4, -0.2) is 65.1 Å². The van der Waals surface area contributed by atoms with E-state index in [-0.39, 0.29) is 24.0 Å². The maximum Gasteiger partial charge on any atom is 0.193 e. The molecule has 2 heterocycles. The number of nitrogens with one attached hydrogen (secondary N) is 1. The van der Waals surface area contributed by atoms with Crippen LogP contribution in [0.5, 0.6) is 0 Å². The minimum atomic E-state index is 0. The van der Waals surface area contributed by atoms with Crippen molar-refractivity contribution in [3.05, 3.63) is 53.1 Å². The number of piperazine rings is 1. The summed E-state index contributed by atoms with van der Waals surface area (Å²) in [6.07, 6.45) is 6.16. The quantitative estimate of drug-likeness (QED) is 0.257. The molecule has 0 spiro atoms. The monoisotopic (exact) mass is 530 g/mol. The zero-order chi connectivity index (χ0) is 19.8. The molecule has 0 bridgehead atoms. The molecule has 0 saturated carbocycles. The molecule has 0 amide bonds. The summed E-state index contributed by atoms with van der Waals surface area (Å²) in [5.41, 5.74) is 1.27. The summed E-state index contributed by atoms with van der Waals surface area (Å²) in [4.78, 5) is 13.6. The highest BCUT2D eigenvalue weighted by Gasteiger charge is 2.19. The van der Waals surface area contributed by atoms with Crippen molar-refractivity contribution >= 4 is 41.5 Å². The number of nitrogens with zero attached hydrogens (tertiary/aromatic N) is 5. The van der Waals surface area contributed by atoms with Crippen LogP contribution in [0.1, 0.15) is 24.2 Å². The molecule has 6 nitrogen and oxygen atoms in total. The van der Waals surface area contributed by atoms with Crippen LogP contribution >= 0.6 is 35.6 Å². The Balaban J connectivity index is 0.00000300. The van der Waals surface area contributed by atoms with Crippen molar-refractivity contribution in [1.29, 1.82) is 0 Å². The lowest BCUT2D eigenvalue weighted by molar-refractivity contribution is 0.172. The Hall–Kier alpha value is -1.32. The summed E-state index contributed by atoms with van der Waals surface area (Å²) in [6, 6.07) is 8.15. The van der Waals surface area contributed by atoms with Gasteiger partial charge < -0.3 is 14.8 Å². The Kier molecular flexibility index (Phi) is 10.2. The first-order valence-corrected chi connectivity index (χ1v) is 10.4. The first-order chi connectivity index (χ1) is 13.7. The third kappa shape index (κ3) is 7.46. The van der Waals surface area contributed by atoms with E-state index in [1.807, 2.05) is 38.5 Å². The molecule has 0 aliphatic carbocycles. The summed E-state index contributed by atoms with van der Waals surface area (Å²) in [7, 11) is 1.87. The van der Waals surface area contributed by atoms with Gasteiger partial charge in [0.05, 0.1) is 0 Å². The summed E-state index contributed by atoms with van der Waals surface area (Å²) >= 11 is 6.10. The van der Waals surface area contributed by atoms with Gasteiger partial charge in [0.2, 0.25) is 0 Å². The van der Waals surface area contributed by atoms with Crippen LogP contribution in [0, 0.1) is 6.92 Å². The predicted octanol–water partition coefficient (Wildman–Crippen LogP) is 3.64. The van der Waals surface area contributed by atoms with E-state index in [9.17, 15) is 0 Å². The van der Waals surface area contributed by atoms with Gasteiger partial charge in [-0.05, 0) is 37.5 Å². The van der Waals surface area contributed by atoms with Crippen LogP contribution < -0.4 is 5.32 Å². The van der Waals surface area contributed by atoms with Crippen LogP contribution in [0.2, 0.25) is 5.02 Å². The summed E-state index contributed by atoms with van der Waals surface area (Å²) in [6.45, 7) is 9.03. The Morgan fingerprint density at radius 2 is 2.00 bits per heavy atom. The number of aryl methyl sites for hydroxylation is 2. The van der Waals surface area contributed by atoms with Crippen LogP contribution in [0.3, 0.4) is 0 Å². The number of aromatic nitrogens is 2. The molecule has 1 saturated heterocycles. The molecule has 1 fully saturated rings. The van der Waals surface area contributed by atoms with Crippen LogP contribution in [-0.2, 0) is 13.1 Å². The lowest BCUT2D eigenvalue weighted by Crippen LogP contribution is -2.52. The number of imidazole rings is 1. The summed E-state index contributed by atoms with van der Waals surface area (Å²) in [5, 5.41) is 4.33. The molecule has 3 rings (SSSR count). The highest BCUT2D eigenvalue weighted by molar-refractivity contribution is 14.0. The number of unbranched alkanes of at least 4 members (excludes halogenated alkanes) is 1. The minimum Gasteiger partial charge on any atom is -0.356 e. The fourth-order valence-electron chi connectivity index (χ4n) is 3.59. The van der Waals surface area contributed by atoms with Gasteiger partial charge in [0.15, 0.2) is 5.96 Å². The molecule has 160 valence electrons. The van der Waals surface area contributed by atoms with Gasteiger partial charge in [0.25, 0.3) is 0 Å². The molecular weight excluding hydrogens is 499 g/mol. The molecule has 1 aromatic carbocycles. The molecule has 0 unspecified atom stereocenters. The maximum absolute atomic E-state index is 6.10. The number of guanidine groups is 1. The van der Waals surface area contributed by atoms with E-state index in [0.29, 0.717) is 0 Å². The number of benzene rings is 1. The molecule has 1 aliphatic rings. The van der Waals surface area contributed by atoms with E-state index in [1.165, 1.54) is 5.56 Å². The maximum atomic E-state index is 6.10. The fourth-order valence-corrected chi connectivity index (χ4v) is 3.80. The summed E-state index contributed by atoms with van der Waals surface area (Å²) < 4.78 is 2.20. The molecule has 1 aliphatic heterocycles. The predicted molar refractivity (Wildman–Crippen MR) is 131 cm³/mol. The van der Waals surface area contributed by atoms with E-state index in [2.05, 4.69) is 41.8 Å². The third-order valence-corrected chi connectivity index (χ3v) is 5.45. The molecule has 1 aromatic heterocycles. The van der Waals surface area contributed by atoms with E-state index < -0.39 is 0 Å². The molecular formula is C21H32ClIN6. The van der Waals surface area contributed by atoms with E-state index in [1.54, 1.807) is 0 Å². The molecule has 2 aromatic rings. The molecule has 8 heteroatoms. The van der Waals surface area contributed by atoms with Crippen LogP contribution in [0.15, 0.2) is 41.7 Å². The van der Waals surface area contributed by atoms with Gasteiger partial charge in [0.1, 0.15) is 5.82 Å². The number of rotatable bonds is 7. The Bertz CT molecular complexity index is 770. The fraction of sp³-hybridized carbons (Fsp3) is 0.524. The van der Waals surface area contributed by atoms with Crippen LogP contribution in [0.25, 0.3) is 0 Å². The third-order valence-electron chi connectivity index (χ3n) is 5.21. The normalized spacial score (nSPS) is 15.3. The van der Waals surface area contributed by atoms with Gasteiger partial charge >= 0.3 is 0 Å². The minimum absolute atomic E-state index is 0. The molecule has 0 atom stereocenters. The highest BCUT2D eigenvalue weighted by Crippen LogP contribution is 2.14. The van der Waals surface area contributed by atoms with Crippen molar-refractivity contribution in [2.75, 3.05) is 39.8 Å². The van der Waals surface area contributed by atoms with Gasteiger partial charge in [-0.25, -0.2) is 4.98 Å². The topological polar surface area (TPSA) is 48.7 Å². The van der Waals surface area contributed by atoms with Gasteiger partial charge in [-0.2, -0.15) is 0 Å². The van der Waals surface area contributed by atoms with Gasteiger partial charge in [-0.1, -0.05) is 23.7 Å². The largest absolute Gasteiger partial charge is 0.356 e. The van der Waals surface area contributed by atoms with Crippen LogP contribution in [0.4, 0.5) is 0 Å². The highest BCUT2D eigenvalue weighted by atomic mass is 127. The van der Waals surface area contributed by atoms with E-state index in [0.717, 1.165) is 75.5 Å². The number of hydrogen-bond donors (Lipinski definition) is 1. The first-order valence-electron chi connectivity index (χ1n) is 10.1. The SMILES string of the molecule is CN=C(NCCCCn1ccnc1C)N1CCN(Cc2cccc(Cl)c2)CC1.I. The van der Waals surface area contributed by atoms with E-state index in [4.69, 9.17) is 11.6 Å². The van der Waals surface area contributed by atoms with Crippen molar-refractivity contribution in [3.8, 4) is 0 Å². The average molecular weight is 531 g/mol. The Morgan fingerprint density at radius 3 is 2.66 bits per heavy atom. The lowest BCUT2D eigenvalue weighted by Gasteiger charge is -2.36. The molecule has 29 heavy (non-hydrogen) atoms. The van der Waals surface area contributed by atoms with Crippen molar-refractivity contribution in [3.63, 3.8) is 0 Å². The summed E-state index contributed by atoms with van der Waals surface area (Å²) in [5.74, 6) is 2.10. The standard InChI is InChI=1S/C21H31ClN6.HI/c1-18-24-9-11-27(18)10-4-3-8-25-21(23-2)28-14-12-26(13-15-28)17-19-6-5-7-20(22)16-19;/h5-7,9,11,16H,3-4,8,10,12-15,17H2,1-2H3,(H,23,25);1H. The van der Waals surface area contributed by atoms with Gasteiger partial charge in [-0.15, -0.1) is 24.0 Å². The van der Waals surface area contributed by atoms with Crippen molar-refractivity contribution in [2.45, 2.75) is 32.9 Å². The second-order valence-electron chi connectivity index (χ2n) is 7.24. The average Bonchev–Trinajstić information content (AvgIpc) is 3.10. The van der Waals surface area contributed by atoms with Crippen molar-refractivity contribution in [1.82, 2.24) is 24.7 Å². The number of hydrogen-bond acceptors (Lipinski definition) is 3. The zero-order valence-electron chi connectivity index (χ0n) is 17.4. The lowest BCUT2D eigenvalue weighted by atomic mass is 10.2. The number of halogens is 2. The first kappa shape index (κ1) is 24.0. The van der Waals surface area contributed by atoms with E-state index >= 15 is 0 Å². The molecule has 1 N–H and O–H groups in total. The van der Waals surface area contributed by atoms with Gasteiger partial charge in [0, 0.05) is 70.3 Å². The Labute approximate surface area is 196 Å². The second kappa shape index (κ2) is 12.4. The van der Waals surface area contributed by atoms with Crippen molar-refractivity contribution in [2.24, 2.45) is 4.99 Å². The second-order valence-corrected chi connectivity index (χ2v) is 7.68. The van der Waals surface area contributed by atoms with Crippen molar-refractivity contribution < 1.29 is 0 Å². The number of aliphatic imine (C=N–C) groups is 1. The smallest absolute Gasteiger partial charge is 0.193 e.